The summed E-state index contributed by atoms with van der Waals surface area (Å²) in [6, 6.07) is 8.69. The van der Waals surface area contributed by atoms with Crippen LogP contribution in [0.25, 0.3) is 0 Å². The minimum Gasteiger partial charge on any atom is -0.364 e. The summed E-state index contributed by atoms with van der Waals surface area (Å²) in [6.07, 6.45) is 1.59. The molecule has 1 aromatic heterocycles. The number of aromatic nitrogens is 1. The zero-order valence-corrected chi connectivity index (χ0v) is 18.4. The van der Waals surface area contributed by atoms with Gasteiger partial charge in [-0.25, -0.2) is 13.1 Å². The quantitative estimate of drug-likeness (QED) is 0.364. The molecule has 3 rings (SSSR count). The molecular formula is C20H30N6O3S. The van der Waals surface area contributed by atoms with Crippen LogP contribution in [-0.2, 0) is 16.6 Å². The van der Waals surface area contributed by atoms with Crippen LogP contribution >= 0.6 is 0 Å². The van der Waals surface area contributed by atoms with E-state index in [-0.39, 0.29) is 11.4 Å². The number of nitrogens with one attached hydrogen (secondary N) is 2. The molecule has 0 atom stereocenters. The molecule has 0 amide bonds. The van der Waals surface area contributed by atoms with Gasteiger partial charge in [0, 0.05) is 51.9 Å². The Kier molecular flexibility index (Phi) is 7.83. The van der Waals surface area contributed by atoms with Gasteiger partial charge in [0.25, 0.3) is 0 Å². The van der Waals surface area contributed by atoms with Crippen LogP contribution in [-0.4, -0.2) is 75.1 Å². The maximum absolute atomic E-state index is 12.4. The molecule has 1 aliphatic rings. The van der Waals surface area contributed by atoms with Crippen LogP contribution in [0, 0.1) is 6.92 Å². The van der Waals surface area contributed by atoms with Crippen LogP contribution in [0.2, 0.25) is 0 Å². The maximum Gasteiger partial charge on any atom is 0.240 e. The first-order valence-corrected chi connectivity index (χ1v) is 11.7. The van der Waals surface area contributed by atoms with Gasteiger partial charge in [0.2, 0.25) is 10.0 Å². The molecule has 164 valence electrons. The molecule has 0 radical (unpaired) electrons. The van der Waals surface area contributed by atoms with Gasteiger partial charge in [-0.3, -0.25) is 9.89 Å². The van der Waals surface area contributed by atoms with Gasteiger partial charge in [-0.05, 0) is 26.0 Å². The molecular weight excluding hydrogens is 404 g/mol. The first kappa shape index (κ1) is 22.3. The van der Waals surface area contributed by atoms with Crippen LogP contribution in [0.4, 0.5) is 0 Å². The first-order chi connectivity index (χ1) is 14.5. The second-order valence-corrected chi connectivity index (χ2v) is 8.97. The summed E-state index contributed by atoms with van der Waals surface area (Å²) in [6.45, 7) is 9.59. The second-order valence-electron chi connectivity index (χ2n) is 7.20. The Morgan fingerprint density at radius 2 is 1.90 bits per heavy atom. The Morgan fingerprint density at radius 3 is 2.53 bits per heavy atom. The van der Waals surface area contributed by atoms with Crippen molar-refractivity contribution < 1.29 is 12.9 Å². The second kappa shape index (κ2) is 10.6. The molecule has 30 heavy (non-hydrogen) atoms. The zero-order valence-electron chi connectivity index (χ0n) is 17.5. The van der Waals surface area contributed by atoms with E-state index in [1.54, 1.807) is 30.5 Å². The van der Waals surface area contributed by atoms with Crippen LogP contribution in [0.15, 0.2) is 51.0 Å². The third-order valence-electron chi connectivity index (χ3n) is 4.88. The molecule has 0 unspecified atom stereocenters. The smallest absolute Gasteiger partial charge is 0.240 e. The van der Waals surface area contributed by atoms with E-state index in [9.17, 15) is 8.42 Å². The topological polar surface area (TPSA) is 103 Å². The highest BCUT2D eigenvalue weighted by Gasteiger charge is 2.20. The van der Waals surface area contributed by atoms with Crippen molar-refractivity contribution in [3.05, 3.63) is 47.9 Å². The highest BCUT2D eigenvalue weighted by molar-refractivity contribution is 7.89. The highest BCUT2D eigenvalue weighted by Crippen LogP contribution is 2.10. The molecule has 2 aromatic rings. The summed E-state index contributed by atoms with van der Waals surface area (Å²) in [5.74, 6) is 0.813. The normalized spacial score (nSPS) is 16.1. The van der Waals surface area contributed by atoms with Crippen LogP contribution in [0.1, 0.15) is 18.2 Å². The van der Waals surface area contributed by atoms with Crippen molar-refractivity contribution in [2.45, 2.75) is 25.3 Å². The number of rotatable bonds is 8. The van der Waals surface area contributed by atoms with E-state index in [1.165, 1.54) is 0 Å². The molecule has 1 saturated heterocycles. The Labute approximate surface area is 178 Å². The van der Waals surface area contributed by atoms with E-state index in [0.29, 0.717) is 6.54 Å². The lowest BCUT2D eigenvalue weighted by atomic mass is 10.2. The monoisotopic (exact) mass is 434 g/mol. The number of nitrogens with zero attached hydrogens (tertiary/aromatic N) is 4. The summed E-state index contributed by atoms with van der Waals surface area (Å²) in [5.41, 5.74) is 1.96. The minimum atomic E-state index is -3.52. The number of benzene rings is 1. The number of aryl methyl sites for hydroxylation is 1. The molecule has 10 heteroatoms. The third-order valence-corrected chi connectivity index (χ3v) is 6.36. The van der Waals surface area contributed by atoms with E-state index in [2.05, 4.69) is 30.0 Å². The van der Waals surface area contributed by atoms with E-state index >= 15 is 0 Å². The van der Waals surface area contributed by atoms with Crippen LogP contribution in [0.3, 0.4) is 0 Å². The molecule has 0 saturated carbocycles. The predicted molar refractivity (Wildman–Crippen MR) is 116 cm³/mol. The summed E-state index contributed by atoms with van der Waals surface area (Å²) >= 11 is 0. The molecule has 2 N–H and O–H groups in total. The lowest BCUT2D eigenvalue weighted by Gasteiger charge is -2.36. The minimum absolute atomic E-state index is 0.247. The molecule has 2 heterocycles. The van der Waals surface area contributed by atoms with Gasteiger partial charge in [0.05, 0.1) is 17.1 Å². The van der Waals surface area contributed by atoms with Crippen molar-refractivity contribution >= 4 is 16.0 Å². The molecule has 1 fully saturated rings. The lowest BCUT2D eigenvalue weighted by molar-refractivity contribution is 0.169. The van der Waals surface area contributed by atoms with Gasteiger partial charge < -0.3 is 14.7 Å². The van der Waals surface area contributed by atoms with Crippen LogP contribution in [0.5, 0.6) is 0 Å². The SMILES string of the molecule is CCNC(=NCCNS(=O)(=O)c1ccc(C)cc1)N1CCN(Cc2ccon2)CC1. The van der Waals surface area contributed by atoms with Gasteiger partial charge in [-0.1, -0.05) is 22.9 Å². The van der Waals surface area contributed by atoms with Gasteiger partial charge in [0.15, 0.2) is 5.96 Å². The molecule has 0 bridgehead atoms. The summed E-state index contributed by atoms with van der Waals surface area (Å²) in [5, 5.41) is 7.27. The standard InChI is InChI=1S/C20H30N6O3S/c1-3-21-20(26-13-11-25(12-14-26)16-18-8-15-29-24-18)22-9-10-23-30(27,28)19-6-4-17(2)5-7-19/h4-8,15,23H,3,9-14,16H2,1-2H3,(H,21,22). The van der Waals surface area contributed by atoms with Crippen molar-refractivity contribution in [3.8, 4) is 0 Å². The van der Waals surface area contributed by atoms with Crippen molar-refractivity contribution in [2.24, 2.45) is 4.99 Å². The van der Waals surface area contributed by atoms with E-state index in [0.717, 1.165) is 56.5 Å². The number of hydrogen-bond donors (Lipinski definition) is 2. The lowest BCUT2D eigenvalue weighted by Crippen LogP contribution is -2.52. The largest absolute Gasteiger partial charge is 0.364 e. The Balaban J connectivity index is 1.49. The predicted octanol–water partition coefficient (Wildman–Crippen LogP) is 1.04. The van der Waals surface area contributed by atoms with Crippen LogP contribution < -0.4 is 10.0 Å². The molecule has 1 aromatic carbocycles. The third kappa shape index (κ3) is 6.28. The average Bonchev–Trinajstić information content (AvgIpc) is 3.24. The Bertz CT molecular complexity index is 905. The fourth-order valence-electron chi connectivity index (χ4n) is 3.23. The van der Waals surface area contributed by atoms with Gasteiger partial charge >= 0.3 is 0 Å². The van der Waals surface area contributed by atoms with Crippen molar-refractivity contribution in [1.29, 1.82) is 0 Å². The van der Waals surface area contributed by atoms with Crippen molar-refractivity contribution in [2.75, 3.05) is 45.8 Å². The van der Waals surface area contributed by atoms with Gasteiger partial charge in [-0.15, -0.1) is 0 Å². The Hall–Kier alpha value is -2.43. The molecule has 9 nitrogen and oxygen atoms in total. The Morgan fingerprint density at radius 1 is 1.17 bits per heavy atom. The number of aliphatic imine (C=N–C) groups is 1. The van der Waals surface area contributed by atoms with Gasteiger partial charge in [0.1, 0.15) is 6.26 Å². The zero-order chi connectivity index (χ0) is 21.4. The number of hydrogen-bond acceptors (Lipinski definition) is 6. The van der Waals surface area contributed by atoms with Crippen molar-refractivity contribution in [3.63, 3.8) is 0 Å². The number of guanidine groups is 1. The van der Waals surface area contributed by atoms with E-state index < -0.39 is 10.0 Å². The molecule has 0 spiro atoms. The number of piperazine rings is 1. The first-order valence-electron chi connectivity index (χ1n) is 10.2. The average molecular weight is 435 g/mol. The number of sulfonamides is 1. The summed E-state index contributed by atoms with van der Waals surface area (Å²) in [4.78, 5) is 9.41. The van der Waals surface area contributed by atoms with E-state index in [4.69, 9.17) is 4.52 Å². The fraction of sp³-hybridized carbons (Fsp3) is 0.500. The molecule has 1 aliphatic heterocycles. The van der Waals surface area contributed by atoms with Crippen molar-refractivity contribution in [1.82, 2.24) is 25.0 Å². The summed E-state index contributed by atoms with van der Waals surface area (Å²) in [7, 11) is -3.52. The summed E-state index contributed by atoms with van der Waals surface area (Å²) < 4.78 is 32.3. The maximum atomic E-state index is 12.4. The fourth-order valence-corrected chi connectivity index (χ4v) is 4.26. The molecule has 0 aliphatic carbocycles. The highest BCUT2D eigenvalue weighted by atomic mass is 32.2. The van der Waals surface area contributed by atoms with E-state index in [1.807, 2.05) is 19.9 Å². The van der Waals surface area contributed by atoms with Gasteiger partial charge in [-0.2, -0.15) is 0 Å².